The molecule has 4 aliphatic carbocycles. The van der Waals surface area contributed by atoms with Gasteiger partial charge in [0.05, 0.1) is 5.75 Å². The Kier molecular flexibility index (Phi) is 3.89. The Bertz CT molecular complexity index is 510. The van der Waals surface area contributed by atoms with Crippen molar-refractivity contribution in [3.05, 3.63) is 30.1 Å². The lowest BCUT2D eigenvalue weighted by Gasteiger charge is -2.56. The highest BCUT2D eigenvalue weighted by atomic mass is 32.2. The molecule has 22 heavy (non-hydrogen) atoms. The van der Waals surface area contributed by atoms with E-state index in [1.54, 1.807) is 18.0 Å². The summed E-state index contributed by atoms with van der Waals surface area (Å²) < 4.78 is 0. The average molecular weight is 316 g/mol. The van der Waals surface area contributed by atoms with Gasteiger partial charge in [0, 0.05) is 23.7 Å². The van der Waals surface area contributed by atoms with Crippen molar-refractivity contribution in [2.75, 3.05) is 5.75 Å². The smallest absolute Gasteiger partial charge is 0.230 e. The molecular formula is C18H24N2OS. The van der Waals surface area contributed by atoms with E-state index < -0.39 is 0 Å². The summed E-state index contributed by atoms with van der Waals surface area (Å²) in [7, 11) is 0. The fourth-order valence-corrected chi connectivity index (χ4v) is 6.11. The number of hydrogen-bond acceptors (Lipinski definition) is 3. The normalized spacial score (nSPS) is 35.5. The molecule has 4 aliphatic rings. The van der Waals surface area contributed by atoms with Crippen LogP contribution >= 0.6 is 11.8 Å². The molecule has 5 rings (SSSR count). The molecule has 4 saturated carbocycles. The number of amides is 1. The molecule has 0 saturated heterocycles. The molecule has 0 aliphatic heterocycles. The summed E-state index contributed by atoms with van der Waals surface area (Å²) in [6.07, 6.45) is 11.6. The maximum absolute atomic E-state index is 12.4. The van der Waals surface area contributed by atoms with Crippen molar-refractivity contribution in [2.24, 2.45) is 17.8 Å². The summed E-state index contributed by atoms with van der Waals surface area (Å²) in [5, 5.41) is 3.44. The van der Waals surface area contributed by atoms with Crippen LogP contribution in [0.2, 0.25) is 0 Å². The largest absolute Gasteiger partial charge is 0.350 e. The average Bonchev–Trinajstić information content (AvgIpc) is 2.46. The van der Waals surface area contributed by atoms with E-state index in [9.17, 15) is 4.79 Å². The van der Waals surface area contributed by atoms with Crippen LogP contribution in [0.3, 0.4) is 0 Å². The summed E-state index contributed by atoms with van der Waals surface area (Å²) in [6.45, 7) is 0. The second-order valence-electron chi connectivity index (χ2n) is 7.60. The first-order valence-corrected chi connectivity index (χ1v) is 9.64. The van der Waals surface area contributed by atoms with Gasteiger partial charge in [-0.2, -0.15) is 0 Å². The minimum atomic E-state index is 0.153. The highest BCUT2D eigenvalue weighted by molar-refractivity contribution is 7.99. The molecule has 0 radical (unpaired) electrons. The molecule has 4 fully saturated rings. The number of hydrogen-bond donors (Lipinski definition) is 1. The van der Waals surface area contributed by atoms with Crippen LogP contribution in [-0.2, 0) is 10.5 Å². The van der Waals surface area contributed by atoms with Gasteiger partial charge >= 0.3 is 0 Å². The zero-order valence-corrected chi connectivity index (χ0v) is 13.8. The Morgan fingerprint density at radius 1 is 1.23 bits per heavy atom. The molecule has 0 aromatic carbocycles. The quantitative estimate of drug-likeness (QED) is 0.905. The lowest BCUT2D eigenvalue weighted by Crippen LogP contribution is -2.60. The Morgan fingerprint density at radius 2 is 1.91 bits per heavy atom. The zero-order valence-electron chi connectivity index (χ0n) is 13.0. The fourth-order valence-electron chi connectivity index (χ4n) is 5.34. The third kappa shape index (κ3) is 3.03. The van der Waals surface area contributed by atoms with Gasteiger partial charge in [0.2, 0.25) is 5.91 Å². The van der Waals surface area contributed by atoms with E-state index in [0.29, 0.717) is 5.75 Å². The van der Waals surface area contributed by atoms with Crippen LogP contribution in [-0.4, -0.2) is 22.2 Å². The van der Waals surface area contributed by atoms with Gasteiger partial charge in [-0.3, -0.25) is 9.78 Å². The maximum Gasteiger partial charge on any atom is 0.230 e. The summed E-state index contributed by atoms with van der Waals surface area (Å²) in [4.78, 5) is 16.5. The van der Waals surface area contributed by atoms with Crippen molar-refractivity contribution in [2.45, 2.75) is 49.8 Å². The Hall–Kier alpha value is -1.03. The molecule has 1 amide bonds. The van der Waals surface area contributed by atoms with Crippen molar-refractivity contribution in [1.82, 2.24) is 10.3 Å². The third-order valence-corrected chi connectivity index (χ3v) is 6.67. The first kappa shape index (κ1) is 14.6. The van der Waals surface area contributed by atoms with Crippen LogP contribution in [0.4, 0.5) is 0 Å². The van der Waals surface area contributed by atoms with Gasteiger partial charge in [0.15, 0.2) is 0 Å². The fraction of sp³-hybridized carbons (Fsp3) is 0.667. The molecule has 4 bridgehead atoms. The number of pyridine rings is 1. The number of rotatable bonds is 5. The monoisotopic (exact) mass is 316 g/mol. The van der Waals surface area contributed by atoms with Crippen LogP contribution in [0.5, 0.6) is 0 Å². The lowest BCUT2D eigenvalue weighted by atomic mass is 9.53. The topological polar surface area (TPSA) is 42.0 Å². The number of carbonyl (C=O) groups excluding carboxylic acids is 1. The molecular weight excluding hydrogens is 292 g/mol. The van der Waals surface area contributed by atoms with E-state index in [2.05, 4.69) is 16.4 Å². The molecule has 4 heteroatoms. The standard InChI is InChI=1S/C18H24N2OS/c21-17(12-22-11-13-2-1-3-19-10-13)20-18-7-14-4-15(8-18)6-16(5-14)9-18/h1-3,10,14-16H,4-9,11-12H2,(H,20,21). The number of aromatic nitrogens is 1. The molecule has 118 valence electrons. The Labute approximate surface area is 136 Å². The zero-order chi connectivity index (χ0) is 15.0. The molecule has 0 spiro atoms. The van der Waals surface area contributed by atoms with E-state index in [4.69, 9.17) is 0 Å². The van der Waals surface area contributed by atoms with Gasteiger partial charge in [-0.15, -0.1) is 11.8 Å². The van der Waals surface area contributed by atoms with Gasteiger partial charge in [-0.05, 0) is 67.9 Å². The minimum Gasteiger partial charge on any atom is -0.350 e. The third-order valence-electron chi connectivity index (χ3n) is 5.67. The van der Waals surface area contributed by atoms with Crippen LogP contribution in [0, 0.1) is 17.8 Å². The van der Waals surface area contributed by atoms with E-state index in [-0.39, 0.29) is 11.4 Å². The van der Waals surface area contributed by atoms with Crippen LogP contribution in [0.15, 0.2) is 24.5 Å². The minimum absolute atomic E-state index is 0.153. The van der Waals surface area contributed by atoms with E-state index in [0.717, 1.165) is 23.5 Å². The van der Waals surface area contributed by atoms with Crippen LogP contribution in [0.25, 0.3) is 0 Å². The Morgan fingerprint density at radius 3 is 2.50 bits per heavy atom. The second kappa shape index (κ2) is 5.88. The van der Waals surface area contributed by atoms with Gasteiger partial charge < -0.3 is 5.32 Å². The molecule has 1 aromatic rings. The summed E-state index contributed by atoms with van der Waals surface area (Å²) >= 11 is 1.69. The summed E-state index contributed by atoms with van der Waals surface area (Å²) in [5.74, 6) is 4.31. The lowest BCUT2D eigenvalue weighted by molar-refractivity contribution is -0.124. The number of carbonyl (C=O) groups is 1. The molecule has 0 atom stereocenters. The van der Waals surface area contributed by atoms with Gasteiger partial charge in [0.1, 0.15) is 0 Å². The van der Waals surface area contributed by atoms with Crippen molar-refractivity contribution in [1.29, 1.82) is 0 Å². The SMILES string of the molecule is O=C(CSCc1cccnc1)NC12CC3CC(CC(C3)C1)C2. The van der Waals surface area contributed by atoms with Gasteiger partial charge in [-0.1, -0.05) is 6.07 Å². The van der Waals surface area contributed by atoms with Gasteiger partial charge in [-0.25, -0.2) is 0 Å². The first-order valence-electron chi connectivity index (χ1n) is 8.48. The predicted octanol–water partition coefficient (Wildman–Crippen LogP) is 3.40. The predicted molar refractivity (Wildman–Crippen MR) is 89.4 cm³/mol. The molecule has 1 N–H and O–H groups in total. The van der Waals surface area contributed by atoms with E-state index in [1.165, 1.54) is 44.1 Å². The Balaban J connectivity index is 1.29. The van der Waals surface area contributed by atoms with Crippen LogP contribution < -0.4 is 5.32 Å². The van der Waals surface area contributed by atoms with Gasteiger partial charge in [0.25, 0.3) is 0 Å². The van der Waals surface area contributed by atoms with Crippen LogP contribution in [0.1, 0.15) is 44.1 Å². The molecule has 3 nitrogen and oxygen atoms in total. The number of thioether (sulfide) groups is 1. The first-order chi connectivity index (χ1) is 10.7. The molecule has 0 unspecified atom stereocenters. The second-order valence-corrected chi connectivity index (χ2v) is 8.59. The van der Waals surface area contributed by atoms with Crippen molar-refractivity contribution in [3.8, 4) is 0 Å². The summed E-state index contributed by atoms with van der Waals surface area (Å²) in [6, 6.07) is 4.02. The molecule has 1 aromatic heterocycles. The number of nitrogens with one attached hydrogen (secondary N) is 1. The maximum atomic E-state index is 12.4. The van der Waals surface area contributed by atoms with Crippen molar-refractivity contribution >= 4 is 17.7 Å². The molecule has 1 heterocycles. The number of nitrogens with zero attached hydrogens (tertiary/aromatic N) is 1. The highest BCUT2D eigenvalue weighted by Crippen LogP contribution is 2.55. The van der Waals surface area contributed by atoms with E-state index >= 15 is 0 Å². The van der Waals surface area contributed by atoms with E-state index in [1.807, 2.05) is 12.3 Å². The van der Waals surface area contributed by atoms with Crippen molar-refractivity contribution < 1.29 is 4.79 Å². The highest BCUT2D eigenvalue weighted by Gasteiger charge is 2.51. The summed E-state index contributed by atoms with van der Waals surface area (Å²) in [5.41, 5.74) is 1.34. The van der Waals surface area contributed by atoms with Crippen molar-refractivity contribution in [3.63, 3.8) is 0 Å².